The number of hydrogen-bond acceptors (Lipinski definition) is 4. The standard InChI is InChI=1S/C14H14N2O2S/c1-18-13-5-4-11(3-2-6-15)9-12(13)10-16-7-8-19-14(16)17/h4-5,7-9H,6,10,15H2,1H3. The number of rotatable bonds is 3. The molecule has 0 radical (unpaired) electrons. The predicted octanol–water partition coefficient (Wildman–Crippen LogP) is 1.28. The van der Waals surface area contributed by atoms with Crippen LogP contribution in [0.5, 0.6) is 5.75 Å². The normalized spacial score (nSPS) is 9.79. The Labute approximate surface area is 115 Å². The van der Waals surface area contributed by atoms with Gasteiger partial charge in [-0.2, -0.15) is 0 Å². The second-order valence-electron chi connectivity index (χ2n) is 3.83. The third kappa shape index (κ3) is 3.25. The molecule has 0 unspecified atom stereocenters. The fourth-order valence-corrected chi connectivity index (χ4v) is 2.31. The monoisotopic (exact) mass is 274 g/mol. The van der Waals surface area contributed by atoms with Crippen LogP contribution in [0.25, 0.3) is 0 Å². The first-order chi connectivity index (χ1) is 9.24. The van der Waals surface area contributed by atoms with Gasteiger partial charge in [-0.1, -0.05) is 23.2 Å². The van der Waals surface area contributed by atoms with E-state index in [0.717, 1.165) is 16.9 Å². The third-order valence-electron chi connectivity index (χ3n) is 2.60. The Hall–Kier alpha value is -2.03. The van der Waals surface area contributed by atoms with Crippen LogP contribution >= 0.6 is 11.3 Å². The van der Waals surface area contributed by atoms with Crippen LogP contribution in [0.2, 0.25) is 0 Å². The molecule has 0 aliphatic carbocycles. The van der Waals surface area contributed by atoms with Crippen molar-refractivity contribution in [2.45, 2.75) is 6.54 Å². The van der Waals surface area contributed by atoms with E-state index in [2.05, 4.69) is 11.8 Å². The lowest BCUT2D eigenvalue weighted by atomic mass is 10.1. The van der Waals surface area contributed by atoms with E-state index in [1.54, 1.807) is 23.3 Å². The van der Waals surface area contributed by atoms with Gasteiger partial charge in [0.2, 0.25) is 0 Å². The summed E-state index contributed by atoms with van der Waals surface area (Å²) in [7, 11) is 1.61. The Bertz CT molecular complexity index is 676. The van der Waals surface area contributed by atoms with E-state index in [9.17, 15) is 4.79 Å². The smallest absolute Gasteiger partial charge is 0.307 e. The second-order valence-corrected chi connectivity index (χ2v) is 4.69. The van der Waals surface area contributed by atoms with E-state index >= 15 is 0 Å². The maximum Gasteiger partial charge on any atom is 0.307 e. The van der Waals surface area contributed by atoms with Gasteiger partial charge in [-0.15, -0.1) is 0 Å². The molecule has 0 saturated heterocycles. The number of nitrogens with two attached hydrogens (primary N) is 1. The zero-order chi connectivity index (χ0) is 13.7. The third-order valence-corrected chi connectivity index (χ3v) is 3.29. The van der Waals surface area contributed by atoms with Crippen molar-refractivity contribution in [2.24, 2.45) is 5.73 Å². The van der Waals surface area contributed by atoms with Gasteiger partial charge in [0.1, 0.15) is 5.75 Å². The summed E-state index contributed by atoms with van der Waals surface area (Å²) < 4.78 is 6.95. The first-order valence-corrected chi connectivity index (χ1v) is 6.62. The summed E-state index contributed by atoms with van der Waals surface area (Å²) >= 11 is 1.18. The Morgan fingerprint density at radius 1 is 1.47 bits per heavy atom. The summed E-state index contributed by atoms with van der Waals surface area (Å²) in [6, 6.07) is 5.65. The molecule has 2 rings (SSSR count). The van der Waals surface area contributed by atoms with Crippen molar-refractivity contribution in [3.63, 3.8) is 0 Å². The number of ether oxygens (including phenoxy) is 1. The second kappa shape index (κ2) is 6.23. The molecule has 0 amide bonds. The van der Waals surface area contributed by atoms with Crippen LogP contribution in [0.4, 0.5) is 0 Å². The maximum absolute atomic E-state index is 11.6. The molecule has 0 bridgehead atoms. The van der Waals surface area contributed by atoms with Gasteiger partial charge < -0.3 is 15.0 Å². The SMILES string of the molecule is COc1ccc(C#CCN)cc1Cn1ccsc1=O. The summed E-state index contributed by atoms with van der Waals surface area (Å²) in [5.74, 6) is 6.53. The summed E-state index contributed by atoms with van der Waals surface area (Å²) in [6.07, 6.45) is 1.77. The van der Waals surface area contributed by atoms with Gasteiger partial charge in [0.05, 0.1) is 20.2 Å². The largest absolute Gasteiger partial charge is 0.496 e. The number of methoxy groups -OCH3 is 1. The minimum atomic E-state index is 0.0144. The molecule has 0 saturated carbocycles. The molecule has 98 valence electrons. The van der Waals surface area contributed by atoms with E-state index in [1.807, 2.05) is 18.2 Å². The summed E-state index contributed by atoms with van der Waals surface area (Å²) in [6.45, 7) is 0.801. The topological polar surface area (TPSA) is 57.2 Å². The summed E-state index contributed by atoms with van der Waals surface area (Å²) in [5, 5.41) is 1.77. The lowest BCUT2D eigenvalue weighted by Gasteiger charge is -2.09. The van der Waals surface area contributed by atoms with Crippen molar-refractivity contribution < 1.29 is 4.74 Å². The number of hydrogen-bond donors (Lipinski definition) is 1. The lowest BCUT2D eigenvalue weighted by molar-refractivity contribution is 0.408. The van der Waals surface area contributed by atoms with E-state index in [-0.39, 0.29) is 4.87 Å². The van der Waals surface area contributed by atoms with Crippen LogP contribution in [-0.4, -0.2) is 18.2 Å². The predicted molar refractivity (Wildman–Crippen MR) is 76.6 cm³/mol. The average molecular weight is 274 g/mol. The minimum Gasteiger partial charge on any atom is -0.496 e. The molecule has 1 aromatic carbocycles. The van der Waals surface area contributed by atoms with Gasteiger partial charge in [-0.25, -0.2) is 0 Å². The number of aromatic nitrogens is 1. The average Bonchev–Trinajstić information content (AvgIpc) is 2.82. The molecular formula is C14H14N2O2S. The van der Waals surface area contributed by atoms with Crippen molar-refractivity contribution in [3.05, 3.63) is 50.6 Å². The van der Waals surface area contributed by atoms with Gasteiger partial charge >= 0.3 is 4.87 Å². The maximum atomic E-state index is 11.6. The van der Waals surface area contributed by atoms with Crippen molar-refractivity contribution in [1.29, 1.82) is 0 Å². The fraction of sp³-hybridized carbons (Fsp3) is 0.214. The van der Waals surface area contributed by atoms with Crippen LogP contribution in [0.1, 0.15) is 11.1 Å². The molecule has 0 atom stereocenters. The molecule has 0 aliphatic heterocycles. The molecule has 2 N–H and O–H groups in total. The Kier molecular flexibility index (Phi) is 4.39. The van der Waals surface area contributed by atoms with E-state index in [1.165, 1.54) is 11.3 Å². The Morgan fingerprint density at radius 2 is 2.32 bits per heavy atom. The first-order valence-electron chi connectivity index (χ1n) is 5.74. The van der Waals surface area contributed by atoms with Crippen molar-refractivity contribution in [3.8, 4) is 17.6 Å². The van der Waals surface area contributed by atoms with Gasteiger partial charge in [0, 0.05) is 22.7 Å². The Morgan fingerprint density at radius 3 is 2.95 bits per heavy atom. The minimum absolute atomic E-state index is 0.0144. The van der Waals surface area contributed by atoms with Crippen molar-refractivity contribution >= 4 is 11.3 Å². The van der Waals surface area contributed by atoms with Gasteiger partial charge in [0.15, 0.2) is 0 Å². The Balaban J connectivity index is 2.36. The fourth-order valence-electron chi connectivity index (χ4n) is 1.72. The molecular weight excluding hydrogens is 260 g/mol. The molecule has 1 heterocycles. The highest BCUT2D eigenvalue weighted by Crippen LogP contribution is 2.20. The highest BCUT2D eigenvalue weighted by atomic mass is 32.1. The highest BCUT2D eigenvalue weighted by Gasteiger charge is 2.06. The van der Waals surface area contributed by atoms with Crippen molar-refractivity contribution in [2.75, 3.05) is 13.7 Å². The lowest BCUT2D eigenvalue weighted by Crippen LogP contribution is -2.13. The zero-order valence-corrected chi connectivity index (χ0v) is 11.4. The van der Waals surface area contributed by atoms with E-state index < -0.39 is 0 Å². The van der Waals surface area contributed by atoms with E-state index in [4.69, 9.17) is 10.5 Å². The molecule has 1 aromatic heterocycles. The summed E-state index contributed by atoms with van der Waals surface area (Å²) in [5.41, 5.74) is 7.15. The van der Waals surface area contributed by atoms with Crippen LogP contribution in [0.3, 0.4) is 0 Å². The quantitative estimate of drug-likeness (QED) is 0.858. The van der Waals surface area contributed by atoms with Crippen LogP contribution < -0.4 is 15.3 Å². The molecule has 0 aliphatic rings. The van der Waals surface area contributed by atoms with Crippen LogP contribution in [0, 0.1) is 11.8 Å². The molecule has 5 heteroatoms. The number of benzene rings is 1. The zero-order valence-electron chi connectivity index (χ0n) is 10.6. The molecule has 4 nitrogen and oxygen atoms in total. The highest BCUT2D eigenvalue weighted by molar-refractivity contribution is 7.07. The van der Waals surface area contributed by atoms with Crippen LogP contribution in [0.15, 0.2) is 34.6 Å². The first kappa shape index (κ1) is 13.4. The van der Waals surface area contributed by atoms with Gasteiger partial charge in [0.25, 0.3) is 0 Å². The molecule has 2 aromatic rings. The number of thiazole rings is 1. The molecule has 19 heavy (non-hydrogen) atoms. The molecule has 0 fully saturated rings. The molecule has 0 spiro atoms. The number of nitrogens with zero attached hydrogens (tertiary/aromatic N) is 1. The van der Waals surface area contributed by atoms with E-state index in [0.29, 0.717) is 13.1 Å². The van der Waals surface area contributed by atoms with Gasteiger partial charge in [-0.05, 0) is 18.2 Å². The summed E-state index contributed by atoms with van der Waals surface area (Å²) in [4.78, 5) is 11.6. The van der Waals surface area contributed by atoms with Gasteiger partial charge in [-0.3, -0.25) is 4.79 Å². The van der Waals surface area contributed by atoms with Crippen molar-refractivity contribution in [1.82, 2.24) is 4.57 Å². The van der Waals surface area contributed by atoms with Crippen LogP contribution in [-0.2, 0) is 6.54 Å².